The van der Waals surface area contributed by atoms with Crippen molar-refractivity contribution in [2.24, 2.45) is 11.8 Å². The van der Waals surface area contributed by atoms with E-state index in [9.17, 15) is 0 Å². The summed E-state index contributed by atoms with van der Waals surface area (Å²) in [5.74, 6) is 2.84. The van der Waals surface area contributed by atoms with E-state index in [1.807, 2.05) is 24.7 Å². The topological polar surface area (TPSA) is 34.0 Å². The van der Waals surface area contributed by atoms with Crippen LogP contribution in [-0.4, -0.2) is 32.5 Å². The second-order valence-electron chi connectivity index (χ2n) is 5.78. The predicted octanol–water partition coefficient (Wildman–Crippen LogP) is 1.58. The second-order valence-corrected chi connectivity index (χ2v) is 5.78. The third kappa shape index (κ3) is 2.06. The van der Waals surface area contributed by atoms with E-state index in [1.54, 1.807) is 0 Å². The predicted molar refractivity (Wildman–Crippen MR) is 72.4 cm³/mol. The summed E-state index contributed by atoms with van der Waals surface area (Å²) in [6.45, 7) is 4.58. The minimum atomic E-state index is 0.784. The van der Waals surface area contributed by atoms with Gasteiger partial charge < -0.3 is 4.57 Å². The van der Waals surface area contributed by atoms with Gasteiger partial charge in [-0.05, 0) is 23.5 Å². The number of pyridine rings is 1. The fraction of sp³-hybridized carbons (Fsp3) is 0.467. The quantitative estimate of drug-likeness (QED) is 0.816. The highest BCUT2D eigenvalue weighted by Gasteiger charge is 2.36. The SMILES string of the molecule is c1cncc(CN2CC3Cc4nccn4CC3C2)c1. The molecule has 1 saturated heterocycles. The normalized spacial score (nSPS) is 26.1. The van der Waals surface area contributed by atoms with Crippen LogP contribution in [0.4, 0.5) is 0 Å². The molecule has 0 aromatic carbocycles. The van der Waals surface area contributed by atoms with Crippen molar-refractivity contribution in [3.63, 3.8) is 0 Å². The summed E-state index contributed by atoms with van der Waals surface area (Å²) in [7, 11) is 0. The first-order chi connectivity index (χ1) is 9.38. The van der Waals surface area contributed by atoms with Crippen molar-refractivity contribution >= 4 is 0 Å². The van der Waals surface area contributed by atoms with Crippen molar-refractivity contribution in [2.45, 2.75) is 19.5 Å². The van der Waals surface area contributed by atoms with Crippen LogP contribution in [-0.2, 0) is 19.5 Å². The summed E-state index contributed by atoms with van der Waals surface area (Å²) in [5, 5.41) is 0. The lowest BCUT2D eigenvalue weighted by atomic mass is 9.90. The van der Waals surface area contributed by atoms with Crippen molar-refractivity contribution in [2.75, 3.05) is 13.1 Å². The monoisotopic (exact) mass is 254 g/mol. The number of fused-ring (bicyclic) bond motifs is 2. The van der Waals surface area contributed by atoms with Gasteiger partial charge in [-0.25, -0.2) is 4.98 Å². The Morgan fingerprint density at radius 3 is 3.00 bits per heavy atom. The molecule has 0 aliphatic carbocycles. The Kier molecular flexibility index (Phi) is 2.62. The van der Waals surface area contributed by atoms with E-state index in [-0.39, 0.29) is 0 Å². The van der Waals surface area contributed by atoms with Crippen molar-refractivity contribution < 1.29 is 0 Å². The van der Waals surface area contributed by atoms with Crippen LogP contribution in [0.25, 0.3) is 0 Å². The molecule has 0 N–H and O–H groups in total. The lowest BCUT2D eigenvalue weighted by Gasteiger charge is -2.25. The number of hydrogen-bond acceptors (Lipinski definition) is 3. The van der Waals surface area contributed by atoms with Gasteiger partial charge in [0.15, 0.2) is 0 Å². The Bertz CT molecular complexity index is 534. The lowest BCUT2D eigenvalue weighted by molar-refractivity contribution is 0.306. The summed E-state index contributed by atoms with van der Waals surface area (Å²) < 4.78 is 2.33. The average molecular weight is 254 g/mol. The summed E-state index contributed by atoms with van der Waals surface area (Å²) in [6, 6.07) is 4.19. The van der Waals surface area contributed by atoms with Gasteiger partial charge in [-0.1, -0.05) is 6.07 Å². The molecule has 0 amide bonds. The van der Waals surface area contributed by atoms with Crippen molar-refractivity contribution in [1.29, 1.82) is 0 Å². The lowest BCUT2D eigenvalue weighted by Crippen LogP contribution is -2.27. The number of hydrogen-bond donors (Lipinski definition) is 0. The molecule has 0 spiro atoms. The Balaban J connectivity index is 1.46. The van der Waals surface area contributed by atoms with Crippen LogP contribution in [0.3, 0.4) is 0 Å². The second kappa shape index (κ2) is 4.46. The van der Waals surface area contributed by atoms with E-state index in [0.29, 0.717) is 0 Å². The first-order valence-electron chi connectivity index (χ1n) is 7.00. The Labute approximate surface area is 113 Å². The zero-order valence-electron chi connectivity index (χ0n) is 10.9. The highest BCUT2D eigenvalue weighted by atomic mass is 15.2. The molecule has 1 fully saturated rings. The highest BCUT2D eigenvalue weighted by molar-refractivity contribution is 5.09. The van der Waals surface area contributed by atoms with Crippen LogP contribution in [0.1, 0.15) is 11.4 Å². The minimum absolute atomic E-state index is 0.784. The largest absolute Gasteiger partial charge is 0.335 e. The average Bonchev–Trinajstić information content (AvgIpc) is 3.01. The van der Waals surface area contributed by atoms with Gasteiger partial charge in [0, 0.05) is 57.4 Å². The highest BCUT2D eigenvalue weighted by Crippen LogP contribution is 2.32. The molecule has 2 aliphatic heterocycles. The molecule has 0 bridgehead atoms. The number of rotatable bonds is 2. The van der Waals surface area contributed by atoms with Crippen molar-refractivity contribution in [3.8, 4) is 0 Å². The van der Waals surface area contributed by atoms with Crippen LogP contribution in [0, 0.1) is 11.8 Å². The van der Waals surface area contributed by atoms with Crippen molar-refractivity contribution in [1.82, 2.24) is 19.4 Å². The number of imidazole rings is 1. The van der Waals surface area contributed by atoms with Crippen LogP contribution in [0.2, 0.25) is 0 Å². The third-order valence-electron chi connectivity index (χ3n) is 4.46. The molecule has 2 atom stereocenters. The molecule has 2 aliphatic rings. The third-order valence-corrected chi connectivity index (χ3v) is 4.46. The summed E-state index contributed by atoms with van der Waals surface area (Å²) in [4.78, 5) is 11.2. The molecule has 4 rings (SSSR count). The zero-order chi connectivity index (χ0) is 12.7. The Hall–Kier alpha value is -1.68. The van der Waals surface area contributed by atoms with Gasteiger partial charge >= 0.3 is 0 Å². The minimum Gasteiger partial charge on any atom is -0.335 e. The first-order valence-corrected chi connectivity index (χ1v) is 7.00. The van der Waals surface area contributed by atoms with Gasteiger partial charge in [0.2, 0.25) is 0 Å². The van der Waals surface area contributed by atoms with Crippen LogP contribution >= 0.6 is 0 Å². The van der Waals surface area contributed by atoms with Gasteiger partial charge in [0.25, 0.3) is 0 Å². The van der Waals surface area contributed by atoms with Crippen LogP contribution in [0.5, 0.6) is 0 Å². The molecule has 4 heteroatoms. The molecule has 2 unspecified atom stereocenters. The van der Waals surface area contributed by atoms with E-state index in [1.165, 1.54) is 24.5 Å². The molecule has 0 radical (unpaired) electrons. The number of aromatic nitrogens is 3. The fourth-order valence-electron chi connectivity index (χ4n) is 3.54. The van der Waals surface area contributed by atoms with Crippen LogP contribution in [0.15, 0.2) is 36.9 Å². The number of nitrogens with zero attached hydrogens (tertiary/aromatic N) is 4. The van der Waals surface area contributed by atoms with Crippen LogP contribution < -0.4 is 0 Å². The maximum Gasteiger partial charge on any atom is 0.108 e. The first kappa shape index (κ1) is 11.2. The maximum atomic E-state index is 4.46. The van der Waals surface area contributed by atoms with Gasteiger partial charge in [-0.15, -0.1) is 0 Å². The molecule has 4 nitrogen and oxygen atoms in total. The summed E-state index contributed by atoms with van der Waals surface area (Å²) in [5.41, 5.74) is 1.32. The molecule has 0 saturated carbocycles. The standard InChI is InChI=1S/C15H18N4/c1-2-12(7-16-3-1)8-18-9-13-6-15-17-4-5-19(15)11-14(13)10-18/h1-5,7,13-14H,6,8-11H2. The van der Waals surface area contributed by atoms with Gasteiger partial charge in [-0.2, -0.15) is 0 Å². The van der Waals surface area contributed by atoms with E-state index < -0.39 is 0 Å². The van der Waals surface area contributed by atoms with Gasteiger partial charge in [0.1, 0.15) is 5.82 Å². The molecular formula is C15H18N4. The van der Waals surface area contributed by atoms with E-state index in [0.717, 1.165) is 31.3 Å². The van der Waals surface area contributed by atoms with E-state index in [2.05, 4.69) is 31.7 Å². The molecule has 2 aromatic heterocycles. The smallest absolute Gasteiger partial charge is 0.108 e. The summed E-state index contributed by atoms with van der Waals surface area (Å²) >= 11 is 0. The fourth-order valence-corrected chi connectivity index (χ4v) is 3.54. The zero-order valence-corrected chi connectivity index (χ0v) is 10.9. The molecule has 2 aromatic rings. The number of likely N-dealkylation sites (tertiary alicyclic amines) is 1. The maximum absolute atomic E-state index is 4.46. The van der Waals surface area contributed by atoms with Gasteiger partial charge in [0.05, 0.1) is 0 Å². The Morgan fingerprint density at radius 2 is 2.11 bits per heavy atom. The van der Waals surface area contributed by atoms with E-state index in [4.69, 9.17) is 0 Å². The van der Waals surface area contributed by atoms with E-state index >= 15 is 0 Å². The molecular weight excluding hydrogens is 236 g/mol. The summed E-state index contributed by atoms with van der Waals surface area (Å²) in [6.07, 6.45) is 9.01. The molecule has 19 heavy (non-hydrogen) atoms. The van der Waals surface area contributed by atoms with Crippen molar-refractivity contribution in [3.05, 3.63) is 48.3 Å². The Morgan fingerprint density at radius 1 is 1.16 bits per heavy atom. The van der Waals surface area contributed by atoms with Gasteiger partial charge in [-0.3, -0.25) is 9.88 Å². The molecule has 98 valence electrons. The molecule has 4 heterocycles.